The van der Waals surface area contributed by atoms with Gasteiger partial charge in [-0.1, -0.05) is 6.42 Å². The average Bonchev–Trinajstić information content (AvgIpc) is 3.28. The maximum Gasteiger partial charge on any atom is 0.281 e. The molecule has 0 aromatic carbocycles. The molecule has 2 aromatic rings. The van der Waals surface area contributed by atoms with Gasteiger partial charge in [0.25, 0.3) is 10.2 Å². The van der Waals surface area contributed by atoms with Crippen LogP contribution >= 0.6 is 0 Å². The van der Waals surface area contributed by atoms with Crippen LogP contribution in [0.4, 0.5) is 0 Å². The Morgan fingerprint density at radius 3 is 2.61 bits per heavy atom. The van der Waals surface area contributed by atoms with Crippen molar-refractivity contribution in [3.8, 4) is 17.1 Å². The SMILES string of the molecule is O=S(=O)(N1CCCCC1)N1CCC[C@H](COc2ccc(-c3ccn[nH]3)nc2)C1. The lowest BCUT2D eigenvalue weighted by atomic mass is 10.0. The van der Waals surface area contributed by atoms with Crippen molar-refractivity contribution in [1.29, 1.82) is 0 Å². The van der Waals surface area contributed by atoms with Crippen molar-refractivity contribution in [2.24, 2.45) is 5.92 Å². The third kappa shape index (κ3) is 4.37. The first-order valence-electron chi connectivity index (χ1n) is 9.97. The lowest BCUT2D eigenvalue weighted by molar-refractivity contribution is 0.172. The molecular weight excluding hydrogens is 378 g/mol. The molecule has 152 valence electrons. The summed E-state index contributed by atoms with van der Waals surface area (Å²) in [7, 11) is -3.34. The van der Waals surface area contributed by atoms with Gasteiger partial charge in [-0.2, -0.15) is 22.1 Å². The molecule has 8 nitrogen and oxygen atoms in total. The van der Waals surface area contributed by atoms with Crippen LogP contribution in [-0.2, 0) is 10.2 Å². The molecule has 4 heterocycles. The van der Waals surface area contributed by atoms with Crippen molar-refractivity contribution >= 4 is 10.2 Å². The van der Waals surface area contributed by atoms with Crippen LogP contribution in [0.15, 0.2) is 30.6 Å². The number of piperidine rings is 2. The summed E-state index contributed by atoms with van der Waals surface area (Å²) in [6.45, 7) is 2.92. The summed E-state index contributed by atoms with van der Waals surface area (Å²) in [5.41, 5.74) is 1.67. The fourth-order valence-corrected chi connectivity index (χ4v) is 5.67. The second-order valence-corrected chi connectivity index (χ2v) is 9.42. The summed E-state index contributed by atoms with van der Waals surface area (Å²) in [6, 6.07) is 5.63. The maximum atomic E-state index is 12.9. The molecule has 0 amide bonds. The first kappa shape index (κ1) is 19.4. The van der Waals surface area contributed by atoms with Crippen LogP contribution in [0.25, 0.3) is 11.4 Å². The zero-order chi connectivity index (χ0) is 19.4. The molecule has 2 aliphatic heterocycles. The predicted molar refractivity (Wildman–Crippen MR) is 106 cm³/mol. The van der Waals surface area contributed by atoms with E-state index >= 15 is 0 Å². The van der Waals surface area contributed by atoms with Gasteiger partial charge in [0.15, 0.2) is 0 Å². The maximum absolute atomic E-state index is 12.9. The Balaban J connectivity index is 1.32. The van der Waals surface area contributed by atoms with E-state index in [1.54, 1.807) is 21.0 Å². The molecule has 1 atom stereocenters. The van der Waals surface area contributed by atoms with Crippen molar-refractivity contribution in [1.82, 2.24) is 23.8 Å². The van der Waals surface area contributed by atoms with Gasteiger partial charge >= 0.3 is 0 Å². The number of pyridine rings is 1. The fourth-order valence-electron chi connectivity index (χ4n) is 3.87. The molecule has 2 aliphatic rings. The van der Waals surface area contributed by atoms with Crippen molar-refractivity contribution in [2.75, 3.05) is 32.8 Å². The normalized spacial score (nSPS) is 22.2. The monoisotopic (exact) mass is 405 g/mol. The summed E-state index contributed by atoms with van der Waals surface area (Å²) < 4.78 is 35.0. The Morgan fingerprint density at radius 1 is 1.07 bits per heavy atom. The number of hydrogen-bond donors (Lipinski definition) is 1. The molecular formula is C19H27N5O3S. The number of nitrogens with zero attached hydrogens (tertiary/aromatic N) is 4. The highest BCUT2D eigenvalue weighted by Gasteiger charge is 2.34. The zero-order valence-corrected chi connectivity index (χ0v) is 16.8. The molecule has 9 heteroatoms. The summed E-state index contributed by atoms with van der Waals surface area (Å²) in [4.78, 5) is 4.39. The minimum Gasteiger partial charge on any atom is -0.492 e. The van der Waals surface area contributed by atoms with Gasteiger partial charge in [0.1, 0.15) is 5.75 Å². The van der Waals surface area contributed by atoms with Gasteiger partial charge in [-0.05, 0) is 43.9 Å². The number of ether oxygens (including phenoxy) is 1. The molecule has 2 saturated heterocycles. The predicted octanol–water partition coefficient (Wildman–Crippen LogP) is 2.29. The third-order valence-electron chi connectivity index (χ3n) is 5.45. The first-order chi connectivity index (χ1) is 13.6. The van der Waals surface area contributed by atoms with Crippen molar-refractivity contribution < 1.29 is 13.2 Å². The van der Waals surface area contributed by atoms with E-state index in [-0.39, 0.29) is 5.92 Å². The van der Waals surface area contributed by atoms with Gasteiger partial charge in [0.2, 0.25) is 0 Å². The summed E-state index contributed by atoms with van der Waals surface area (Å²) >= 11 is 0. The lowest BCUT2D eigenvalue weighted by Crippen LogP contribution is -2.50. The van der Waals surface area contributed by atoms with E-state index in [1.807, 2.05) is 18.2 Å². The van der Waals surface area contributed by atoms with Crippen LogP contribution in [0.5, 0.6) is 5.75 Å². The van der Waals surface area contributed by atoms with Gasteiger partial charge in [0.05, 0.1) is 24.2 Å². The van der Waals surface area contributed by atoms with Crippen molar-refractivity contribution in [3.63, 3.8) is 0 Å². The molecule has 2 aromatic heterocycles. The van der Waals surface area contributed by atoms with Gasteiger partial charge < -0.3 is 4.74 Å². The molecule has 28 heavy (non-hydrogen) atoms. The van der Waals surface area contributed by atoms with Crippen LogP contribution < -0.4 is 4.74 Å². The van der Waals surface area contributed by atoms with E-state index in [9.17, 15) is 8.42 Å². The highest BCUT2D eigenvalue weighted by atomic mass is 32.2. The number of aromatic amines is 1. The molecule has 2 fully saturated rings. The smallest absolute Gasteiger partial charge is 0.281 e. The van der Waals surface area contributed by atoms with Crippen LogP contribution in [-0.4, -0.2) is 65.0 Å². The number of H-pyrrole nitrogens is 1. The Kier molecular flexibility index (Phi) is 5.93. The van der Waals surface area contributed by atoms with Gasteiger partial charge in [-0.3, -0.25) is 10.1 Å². The summed E-state index contributed by atoms with van der Waals surface area (Å²) in [5.74, 6) is 0.889. The first-order valence-corrected chi connectivity index (χ1v) is 11.4. The Morgan fingerprint density at radius 2 is 1.89 bits per heavy atom. The van der Waals surface area contributed by atoms with E-state index in [1.165, 1.54) is 0 Å². The minimum absolute atomic E-state index is 0.195. The minimum atomic E-state index is -3.34. The van der Waals surface area contributed by atoms with E-state index in [0.29, 0.717) is 38.5 Å². The molecule has 0 unspecified atom stereocenters. The average molecular weight is 406 g/mol. The number of aromatic nitrogens is 3. The van der Waals surface area contributed by atoms with Gasteiger partial charge in [-0.15, -0.1) is 0 Å². The Hall–Kier alpha value is -1.97. The number of nitrogens with one attached hydrogen (secondary N) is 1. The van der Waals surface area contributed by atoms with Crippen molar-refractivity contribution in [2.45, 2.75) is 32.1 Å². The van der Waals surface area contributed by atoms with Gasteiger partial charge in [0, 0.05) is 38.3 Å². The van der Waals surface area contributed by atoms with Gasteiger partial charge in [-0.25, -0.2) is 0 Å². The number of rotatable bonds is 6. The highest BCUT2D eigenvalue weighted by Crippen LogP contribution is 2.24. The highest BCUT2D eigenvalue weighted by molar-refractivity contribution is 7.86. The Bertz CT molecular complexity index is 848. The zero-order valence-electron chi connectivity index (χ0n) is 16.0. The van der Waals surface area contributed by atoms with E-state index in [4.69, 9.17) is 4.74 Å². The topological polar surface area (TPSA) is 91.4 Å². The fraction of sp³-hybridized carbons (Fsp3) is 0.579. The summed E-state index contributed by atoms with van der Waals surface area (Å²) in [6.07, 6.45) is 8.28. The quantitative estimate of drug-likeness (QED) is 0.796. The van der Waals surface area contributed by atoms with Crippen LogP contribution in [0.2, 0.25) is 0 Å². The second-order valence-electron chi connectivity index (χ2n) is 7.49. The Labute approximate surface area is 166 Å². The molecule has 0 radical (unpaired) electrons. The lowest BCUT2D eigenvalue weighted by Gasteiger charge is -2.36. The van der Waals surface area contributed by atoms with Crippen LogP contribution in [0, 0.1) is 5.92 Å². The molecule has 0 saturated carbocycles. The molecule has 0 spiro atoms. The third-order valence-corrected chi connectivity index (χ3v) is 7.45. The van der Waals surface area contributed by atoms with E-state index < -0.39 is 10.2 Å². The number of hydrogen-bond acceptors (Lipinski definition) is 5. The van der Waals surface area contributed by atoms with Crippen LogP contribution in [0.1, 0.15) is 32.1 Å². The van der Waals surface area contributed by atoms with E-state index in [2.05, 4.69) is 15.2 Å². The molecule has 1 N–H and O–H groups in total. The standard InChI is InChI=1S/C19H27N5O3S/c25-28(26,23-10-2-1-3-11-23)24-12-4-5-16(14-24)15-27-17-6-7-18(20-13-17)19-8-9-21-22-19/h6-9,13,16H,1-5,10-12,14-15H2,(H,21,22)/t16-/m0/s1. The molecule has 0 aliphatic carbocycles. The molecule has 0 bridgehead atoms. The molecule has 4 rings (SSSR count). The second kappa shape index (κ2) is 8.59. The van der Waals surface area contributed by atoms with E-state index in [0.717, 1.165) is 43.5 Å². The van der Waals surface area contributed by atoms with Crippen molar-refractivity contribution in [3.05, 3.63) is 30.6 Å². The summed E-state index contributed by atoms with van der Waals surface area (Å²) in [5, 5.41) is 6.81. The van der Waals surface area contributed by atoms with Crippen LogP contribution in [0.3, 0.4) is 0 Å². The largest absolute Gasteiger partial charge is 0.492 e.